The SMILES string of the molecule is CN(Cc1ccccc1)S(=O)(=O)c1ccc(Cl)c([N+](=O)[O-])c1. The fraction of sp³-hybridized carbons (Fsp3) is 0.143. The maximum absolute atomic E-state index is 12.5. The summed E-state index contributed by atoms with van der Waals surface area (Å²) in [5, 5.41) is 10.8. The third-order valence-corrected chi connectivity index (χ3v) is 5.19. The zero-order valence-electron chi connectivity index (χ0n) is 11.6. The molecule has 0 bridgehead atoms. The summed E-state index contributed by atoms with van der Waals surface area (Å²) in [4.78, 5) is 10.00. The highest BCUT2D eigenvalue weighted by atomic mass is 35.5. The molecule has 116 valence electrons. The van der Waals surface area contributed by atoms with Crippen molar-refractivity contribution in [2.45, 2.75) is 11.4 Å². The summed E-state index contributed by atoms with van der Waals surface area (Å²) in [6.45, 7) is 0.166. The van der Waals surface area contributed by atoms with Gasteiger partial charge < -0.3 is 0 Å². The van der Waals surface area contributed by atoms with Crippen LogP contribution in [0.2, 0.25) is 5.02 Å². The van der Waals surface area contributed by atoms with Gasteiger partial charge in [-0.15, -0.1) is 0 Å². The summed E-state index contributed by atoms with van der Waals surface area (Å²) in [5.74, 6) is 0. The minimum Gasteiger partial charge on any atom is -0.258 e. The van der Waals surface area contributed by atoms with Crippen molar-refractivity contribution in [3.63, 3.8) is 0 Å². The zero-order chi connectivity index (χ0) is 16.3. The van der Waals surface area contributed by atoms with Gasteiger partial charge in [-0.2, -0.15) is 4.31 Å². The molecule has 2 aromatic carbocycles. The van der Waals surface area contributed by atoms with Crippen molar-refractivity contribution in [1.29, 1.82) is 0 Å². The zero-order valence-corrected chi connectivity index (χ0v) is 13.2. The summed E-state index contributed by atoms with van der Waals surface area (Å²) < 4.78 is 26.1. The van der Waals surface area contributed by atoms with Crippen LogP contribution in [-0.4, -0.2) is 24.7 Å². The van der Waals surface area contributed by atoms with Crippen molar-refractivity contribution >= 4 is 27.3 Å². The minimum absolute atomic E-state index is 0.102. The average Bonchev–Trinajstić information content (AvgIpc) is 2.48. The van der Waals surface area contributed by atoms with E-state index in [2.05, 4.69) is 0 Å². The van der Waals surface area contributed by atoms with E-state index in [9.17, 15) is 18.5 Å². The van der Waals surface area contributed by atoms with E-state index in [0.29, 0.717) is 0 Å². The molecule has 0 amide bonds. The van der Waals surface area contributed by atoms with Gasteiger partial charge in [-0.25, -0.2) is 8.42 Å². The van der Waals surface area contributed by atoms with Crippen LogP contribution < -0.4 is 0 Å². The molecule has 0 aliphatic carbocycles. The van der Waals surface area contributed by atoms with Crippen LogP contribution in [0.5, 0.6) is 0 Å². The van der Waals surface area contributed by atoms with E-state index in [-0.39, 0.29) is 16.5 Å². The first-order chi connectivity index (χ1) is 10.3. The first kappa shape index (κ1) is 16.4. The van der Waals surface area contributed by atoms with E-state index in [4.69, 9.17) is 11.6 Å². The second-order valence-corrected chi connectivity index (χ2v) is 7.07. The monoisotopic (exact) mass is 340 g/mol. The molecule has 0 aromatic heterocycles. The fourth-order valence-corrected chi connectivity index (χ4v) is 3.26. The fourth-order valence-electron chi connectivity index (χ4n) is 1.90. The van der Waals surface area contributed by atoms with Crippen LogP contribution in [0.15, 0.2) is 53.4 Å². The van der Waals surface area contributed by atoms with Crippen LogP contribution in [0.1, 0.15) is 5.56 Å². The van der Waals surface area contributed by atoms with Gasteiger partial charge in [-0.05, 0) is 17.7 Å². The lowest BCUT2D eigenvalue weighted by Crippen LogP contribution is -2.26. The third kappa shape index (κ3) is 3.44. The Hall–Kier alpha value is -1.96. The van der Waals surface area contributed by atoms with Crippen molar-refractivity contribution in [3.05, 3.63) is 69.2 Å². The summed E-state index contributed by atoms with van der Waals surface area (Å²) in [7, 11) is -2.42. The van der Waals surface area contributed by atoms with Gasteiger partial charge in [-0.1, -0.05) is 41.9 Å². The van der Waals surface area contributed by atoms with Gasteiger partial charge in [-0.3, -0.25) is 10.1 Å². The predicted octanol–water partition coefficient (Wildman–Crippen LogP) is 3.07. The van der Waals surface area contributed by atoms with Crippen molar-refractivity contribution in [2.24, 2.45) is 0 Å². The Bertz CT molecular complexity index is 794. The molecule has 2 aromatic rings. The van der Waals surface area contributed by atoms with Crippen LogP contribution in [0.3, 0.4) is 0 Å². The molecular formula is C14H13ClN2O4S. The van der Waals surface area contributed by atoms with Crippen molar-refractivity contribution < 1.29 is 13.3 Å². The number of nitro benzene ring substituents is 1. The third-order valence-electron chi connectivity index (χ3n) is 3.07. The lowest BCUT2D eigenvalue weighted by Gasteiger charge is -2.17. The number of nitrogens with zero attached hydrogens (tertiary/aromatic N) is 2. The van der Waals surface area contributed by atoms with E-state index in [1.54, 1.807) is 12.1 Å². The lowest BCUT2D eigenvalue weighted by molar-refractivity contribution is -0.384. The number of hydrogen-bond donors (Lipinski definition) is 0. The highest BCUT2D eigenvalue weighted by Crippen LogP contribution is 2.28. The van der Waals surface area contributed by atoms with Crippen molar-refractivity contribution in [2.75, 3.05) is 7.05 Å². The molecule has 2 rings (SSSR count). The van der Waals surface area contributed by atoms with Gasteiger partial charge in [0.25, 0.3) is 5.69 Å². The maximum Gasteiger partial charge on any atom is 0.289 e. The standard InChI is InChI=1S/C14H13ClN2O4S/c1-16(10-11-5-3-2-4-6-11)22(20,21)12-7-8-13(15)14(9-12)17(18)19/h2-9H,10H2,1H3. The molecule has 0 heterocycles. The van der Waals surface area contributed by atoms with Crippen molar-refractivity contribution in [1.82, 2.24) is 4.31 Å². The Labute approximate surface area is 133 Å². The molecule has 0 aliphatic heterocycles. The summed E-state index contributed by atoms with van der Waals surface area (Å²) in [5.41, 5.74) is 0.382. The van der Waals surface area contributed by atoms with E-state index in [1.807, 2.05) is 18.2 Å². The molecule has 0 atom stereocenters. The number of nitro groups is 1. The smallest absolute Gasteiger partial charge is 0.258 e. The van der Waals surface area contributed by atoms with Crippen LogP contribution in [0, 0.1) is 10.1 Å². The predicted molar refractivity (Wildman–Crippen MR) is 83.2 cm³/mol. The Kier molecular flexibility index (Phi) is 4.80. The van der Waals surface area contributed by atoms with E-state index >= 15 is 0 Å². The van der Waals surface area contributed by atoms with Crippen LogP contribution >= 0.6 is 11.6 Å². The molecule has 0 saturated carbocycles. The molecule has 8 heteroatoms. The average molecular weight is 341 g/mol. The van der Waals surface area contributed by atoms with Gasteiger partial charge >= 0.3 is 0 Å². The van der Waals surface area contributed by atoms with Crippen LogP contribution in [-0.2, 0) is 16.6 Å². The maximum atomic E-state index is 12.5. The van der Waals surface area contributed by atoms with Gasteiger partial charge in [0.2, 0.25) is 10.0 Å². The molecular weight excluding hydrogens is 328 g/mol. The number of benzene rings is 2. The number of rotatable bonds is 5. The molecule has 0 N–H and O–H groups in total. The van der Waals surface area contributed by atoms with Crippen molar-refractivity contribution in [3.8, 4) is 0 Å². The molecule has 22 heavy (non-hydrogen) atoms. The quantitative estimate of drug-likeness (QED) is 0.618. The topological polar surface area (TPSA) is 80.5 Å². The number of sulfonamides is 1. The highest BCUT2D eigenvalue weighted by molar-refractivity contribution is 7.89. The first-order valence-electron chi connectivity index (χ1n) is 6.26. The van der Waals surface area contributed by atoms with Gasteiger partial charge in [0, 0.05) is 19.7 Å². The largest absolute Gasteiger partial charge is 0.289 e. The van der Waals surface area contributed by atoms with Crippen LogP contribution in [0.25, 0.3) is 0 Å². The first-order valence-corrected chi connectivity index (χ1v) is 8.08. The number of hydrogen-bond acceptors (Lipinski definition) is 4. The second kappa shape index (κ2) is 6.43. The molecule has 0 radical (unpaired) electrons. The summed E-state index contributed by atoms with van der Waals surface area (Å²) in [6, 6.07) is 12.5. The van der Waals surface area contributed by atoms with Gasteiger partial charge in [0.05, 0.1) is 9.82 Å². The lowest BCUT2D eigenvalue weighted by atomic mass is 10.2. The van der Waals surface area contributed by atoms with Gasteiger partial charge in [0.1, 0.15) is 5.02 Å². The normalized spacial score (nSPS) is 11.6. The molecule has 6 nitrogen and oxygen atoms in total. The summed E-state index contributed by atoms with van der Waals surface area (Å²) >= 11 is 5.70. The Morgan fingerprint density at radius 2 is 1.82 bits per heavy atom. The van der Waals surface area contributed by atoms with Gasteiger partial charge in [0.15, 0.2) is 0 Å². The highest BCUT2D eigenvalue weighted by Gasteiger charge is 2.24. The van der Waals surface area contributed by atoms with E-state index in [1.165, 1.54) is 19.2 Å². The molecule has 0 unspecified atom stereocenters. The Morgan fingerprint density at radius 3 is 2.41 bits per heavy atom. The minimum atomic E-state index is -3.84. The Morgan fingerprint density at radius 1 is 1.18 bits per heavy atom. The summed E-state index contributed by atoms with van der Waals surface area (Å²) in [6.07, 6.45) is 0. The molecule has 0 aliphatic rings. The van der Waals surface area contributed by atoms with E-state index in [0.717, 1.165) is 15.9 Å². The molecule has 0 fully saturated rings. The molecule has 0 spiro atoms. The number of halogens is 1. The Balaban J connectivity index is 2.34. The van der Waals surface area contributed by atoms with E-state index < -0.39 is 20.6 Å². The molecule has 0 saturated heterocycles. The second-order valence-electron chi connectivity index (χ2n) is 4.62. The van der Waals surface area contributed by atoms with Crippen LogP contribution in [0.4, 0.5) is 5.69 Å².